The average molecular weight is 343 g/mol. The zero-order chi connectivity index (χ0) is 15.9. The van der Waals surface area contributed by atoms with E-state index in [2.05, 4.69) is 0 Å². The molecular weight excluding hydrogens is 324 g/mol. The molecule has 1 heterocycles. The largest absolute Gasteiger partial charge is 0.368 e. The molecule has 1 aromatic rings. The Kier molecular flexibility index (Phi) is 4.18. The number of fused-ring (bicyclic) bond motifs is 1. The van der Waals surface area contributed by atoms with Crippen LogP contribution in [0.2, 0.25) is 5.02 Å². The normalized spacial score (nSPS) is 29.2. The first-order chi connectivity index (χ1) is 10.4. The number of sulfonamides is 1. The molecule has 7 heteroatoms. The van der Waals surface area contributed by atoms with E-state index in [1.807, 2.05) is 0 Å². The van der Waals surface area contributed by atoms with Crippen molar-refractivity contribution in [2.45, 2.75) is 49.1 Å². The highest BCUT2D eigenvalue weighted by Gasteiger charge is 2.50. The summed E-state index contributed by atoms with van der Waals surface area (Å²) in [5.41, 5.74) is 5.48. The number of halogens is 1. The third-order valence-electron chi connectivity index (χ3n) is 4.75. The van der Waals surface area contributed by atoms with Gasteiger partial charge in [-0.25, -0.2) is 8.42 Å². The van der Waals surface area contributed by atoms with Crippen molar-refractivity contribution >= 4 is 27.5 Å². The van der Waals surface area contributed by atoms with Crippen LogP contribution in [0.25, 0.3) is 0 Å². The second kappa shape index (κ2) is 5.83. The van der Waals surface area contributed by atoms with Gasteiger partial charge in [0.2, 0.25) is 15.9 Å². The SMILES string of the molecule is NC(=O)[C@@H]1C[C@@H]2CCCC[C@@H]2N1S(=O)(=O)c1ccccc1Cl. The van der Waals surface area contributed by atoms with E-state index in [-0.39, 0.29) is 21.9 Å². The minimum absolute atomic E-state index is 0.0501. The van der Waals surface area contributed by atoms with E-state index in [0.717, 1.165) is 25.7 Å². The van der Waals surface area contributed by atoms with Gasteiger partial charge in [0.05, 0.1) is 5.02 Å². The van der Waals surface area contributed by atoms with E-state index in [9.17, 15) is 13.2 Å². The van der Waals surface area contributed by atoms with Gasteiger partial charge in [0, 0.05) is 6.04 Å². The van der Waals surface area contributed by atoms with E-state index in [1.54, 1.807) is 18.2 Å². The number of amides is 1. The summed E-state index contributed by atoms with van der Waals surface area (Å²) in [7, 11) is -3.83. The molecule has 0 spiro atoms. The Morgan fingerprint density at radius 2 is 1.91 bits per heavy atom. The first kappa shape index (κ1) is 15.8. The molecule has 0 aromatic heterocycles. The van der Waals surface area contributed by atoms with Gasteiger partial charge in [0.25, 0.3) is 0 Å². The van der Waals surface area contributed by atoms with Crippen molar-refractivity contribution in [2.24, 2.45) is 11.7 Å². The first-order valence-corrected chi connectivity index (χ1v) is 9.32. The summed E-state index contributed by atoms with van der Waals surface area (Å²) in [5, 5.41) is 0.171. The number of rotatable bonds is 3. The van der Waals surface area contributed by atoms with Gasteiger partial charge in [-0.1, -0.05) is 36.6 Å². The van der Waals surface area contributed by atoms with E-state index >= 15 is 0 Å². The average Bonchev–Trinajstić information content (AvgIpc) is 2.88. The van der Waals surface area contributed by atoms with Gasteiger partial charge >= 0.3 is 0 Å². The fourth-order valence-corrected chi connectivity index (χ4v) is 6.15. The number of carbonyl (C=O) groups excluding carboxylic acids is 1. The third-order valence-corrected chi connectivity index (χ3v) is 7.18. The maximum absolute atomic E-state index is 13.1. The molecule has 0 bridgehead atoms. The molecule has 5 nitrogen and oxygen atoms in total. The summed E-state index contributed by atoms with van der Waals surface area (Å²) < 4.78 is 27.5. The van der Waals surface area contributed by atoms with Crippen molar-refractivity contribution in [3.63, 3.8) is 0 Å². The summed E-state index contributed by atoms with van der Waals surface area (Å²) in [6, 6.07) is 5.42. The maximum atomic E-state index is 13.1. The minimum atomic E-state index is -3.83. The van der Waals surface area contributed by atoms with Crippen molar-refractivity contribution in [1.29, 1.82) is 0 Å². The highest BCUT2D eigenvalue weighted by Crippen LogP contribution is 2.43. The highest BCUT2D eigenvalue weighted by molar-refractivity contribution is 7.89. The number of carbonyl (C=O) groups is 1. The minimum Gasteiger partial charge on any atom is -0.368 e. The van der Waals surface area contributed by atoms with E-state index in [4.69, 9.17) is 17.3 Å². The van der Waals surface area contributed by atoms with Crippen molar-refractivity contribution in [2.75, 3.05) is 0 Å². The summed E-state index contributed by atoms with van der Waals surface area (Å²) in [5.74, 6) is -0.367. The monoisotopic (exact) mass is 342 g/mol. The summed E-state index contributed by atoms with van der Waals surface area (Å²) in [6.45, 7) is 0. The van der Waals surface area contributed by atoms with Crippen molar-refractivity contribution in [3.05, 3.63) is 29.3 Å². The second-order valence-corrected chi connectivity index (χ2v) is 8.25. The summed E-state index contributed by atoms with van der Waals surface area (Å²) in [4.78, 5) is 11.9. The second-order valence-electron chi connectivity index (χ2n) is 6.03. The van der Waals surface area contributed by atoms with E-state index in [1.165, 1.54) is 10.4 Å². The lowest BCUT2D eigenvalue weighted by Crippen LogP contribution is -2.48. The smallest absolute Gasteiger partial charge is 0.245 e. The van der Waals surface area contributed by atoms with Crippen LogP contribution in [0.5, 0.6) is 0 Å². The third kappa shape index (κ3) is 2.53. The molecule has 3 rings (SSSR count). The summed E-state index contributed by atoms with van der Waals surface area (Å²) in [6.07, 6.45) is 4.29. The van der Waals surface area contributed by atoms with Crippen molar-refractivity contribution < 1.29 is 13.2 Å². The predicted octanol–water partition coefficient (Wildman–Crippen LogP) is 2.15. The quantitative estimate of drug-likeness (QED) is 0.913. The van der Waals surface area contributed by atoms with Gasteiger partial charge in [-0.2, -0.15) is 4.31 Å². The van der Waals surface area contributed by atoms with Crippen molar-refractivity contribution in [3.8, 4) is 0 Å². The fourth-order valence-electron chi connectivity index (χ4n) is 3.77. The topological polar surface area (TPSA) is 80.5 Å². The molecule has 1 amide bonds. The number of nitrogens with zero attached hydrogens (tertiary/aromatic N) is 1. The lowest BCUT2D eigenvalue weighted by Gasteiger charge is -2.32. The number of benzene rings is 1. The number of primary amides is 1. The lowest BCUT2D eigenvalue weighted by molar-refractivity contribution is -0.121. The lowest BCUT2D eigenvalue weighted by atomic mass is 9.85. The molecule has 1 saturated carbocycles. The zero-order valence-corrected chi connectivity index (χ0v) is 13.7. The Bertz CT molecular complexity index is 692. The van der Waals surface area contributed by atoms with Gasteiger partial charge in [-0.05, 0) is 37.3 Å². The van der Waals surface area contributed by atoms with Gasteiger partial charge in [0.1, 0.15) is 10.9 Å². The van der Waals surface area contributed by atoms with Crippen LogP contribution >= 0.6 is 11.6 Å². The van der Waals surface area contributed by atoms with Gasteiger partial charge in [-0.15, -0.1) is 0 Å². The molecule has 1 aliphatic carbocycles. The molecular formula is C15H19ClN2O3S. The van der Waals surface area contributed by atoms with Gasteiger partial charge in [0.15, 0.2) is 0 Å². The van der Waals surface area contributed by atoms with E-state index < -0.39 is 22.0 Å². The molecule has 22 heavy (non-hydrogen) atoms. The molecule has 1 aromatic carbocycles. The van der Waals surface area contributed by atoms with Gasteiger partial charge < -0.3 is 5.73 Å². The molecule has 2 aliphatic rings. The van der Waals surface area contributed by atoms with Crippen LogP contribution in [-0.2, 0) is 14.8 Å². The van der Waals surface area contributed by atoms with Crippen LogP contribution in [-0.4, -0.2) is 30.7 Å². The molecule has 1 saturated heterocycles. The molecule has 3 atom stereocenters. The maximum Gasteiger partial charge on any atom is 0.245 e. The van der Waals surface area contributed by atoms with Gasteiger partial charge in [-0.3, -0.25) is 4.79 Å². The zero-order valence-electron chi connectivity index (χ0n) is 12.1. The van der Waals surface area contributed by atoms with Crippen LogP contribution in [0.1, 0.15) is 32.1 Å². The Balaban J connectivity index is 2.06. The van der Waals surface area contributed by atoms with Crippen LogP contribution < -0.4 is 5.73 Å². The standard InChI is InChI=1S/C15H19ClN2O3S/c16-11-6-2-4-8-14(11)22(20,21)18-12-7-3-1-5-10(12)9-13(18)15(17)19/h2,4,6,8,10,12-13H,1,3,5,7,9H2,(H2,17,19)/t10-,12-,13-/m0/s1. The Labute approximate surface area is 135 Å². The Morgan fingerprint density at radius 1 is 1.23 bits per heavy atom. The predicted molar refractivity (Wildman–Crippen MR) is 83.8 cm³/mol. The van der Waals surface area contributed by atoms with Crippen molar-refractivity contribution in [1.82, 2.24) is 4.31 Å². The molecule has 120 valence electrons. The number of hydrogen-bond donors (Lipinski definition) is 1. The summed E-state index contributed by atoms with van der Waals surface area (Å²) >= 11 is 6.07. The Hall–Kier alpha value is -1.11. The fraction of sp³-hybridized carbons (Fsp3) is 0.533. The van der Waals surface area contributed by atoms with E-state index in [0.29, 0.717) is 6.42 Å². The Morgan fingerprint density at radius 3 is 2.59 bits per heavy atom. The molecule has 0 radical (unpaired) electrons. The van der Waals surface area contributed by atoms with Crippen LogP contribution in [0.3, 0.4) is 0 Å². The molecule has 2 N–H and O–H groups in total. The number of hydrogen-bond acceptors (Lipinski definition) is 3. The van der Waals surface area contributed by atoms with Crippen LogP contribution in [0.15, 0.2) is 29.2 Å². The molecule has 2 fully saturated rings. The van der Waals surface area contributed by atoms with Crippen LogP contribution in [0, 0.1) is 5.92 Å². The molecule has 0 unspecified atom stereocenters. The van der Waals surface area contributed by atoms with Crippen LogP contribution in [0.4, 0.5) is 0 Å². The first-order valence-electron chi connectivity index (χ1n) is 7.50. The molecule has 1 aliphatic heterocycles. The highest BCUT2D eigenvalue weighted by atomic mass is 35.5. The number of nitrogens with two attached hydrogens (primary N) is 1.